The molecule has 0 aromatic carbocycles. The van der Waals surface area contributed by atoms with Crippen LogP contribution in [0.1, 0.15) is 33.1 Å². The van der Waals surface area contributed by atoms with Gasteiger partial charge in [0.15, 0.2) is 9.84 Å². The second-order valence-corrected chi connectivity index (χ2v) is 8.82. The van der Waals surface area contributed by atoms with Gasteiger partial charge in [0.1, 0.15) is 16.3 Å². The average Bonchev–Trinajstić information content (AvgIpc) is 3.03. The first-order valence-electron chi connectivity index (χ1n) is 5.90. The highest BCUT2D eigenvalue weighted by Crippen LogP contribution is 2.45. The van der Waals surface area contributed by atoms with E-state index in [9.17, 15) is 13.2 Å². The van der Waals surface area contributed by atoms with Gasteiger partial charge in [-0.3, -0.25) is 4.79 Å². The van der Waals surface area contributed by atoms with Crippen LogP contribution in [0.25, 0.3) is 0 Å². The van der Waals surface area contributed by atoms with Gasteiger partial charge in [-0.05, 0) is 22.9 Å². The van der Waals surface area contributed by atoms with E-state index in [-0.39, 0.29) is 18.6 Å². The Morgan fingerprint density at radius 2 is 1.42 bits per heavy atom. The van der Waals surface area contributed by atoms with Gasteiger partial charge in [0.25, 0.3) is 0 Å². The highest BCUT2D eigenvalue weighted by molar-refractivity contribution is 7.92. The van der Waals surface area contributed by atoms with Gasteiger partial charge in [-0.25, -0.2) is 8.42 Å². The van der Waals surface area contributed by atoms with E-state index in [1.165, 1.54) is 22.7 Å². The maximum atomic E-state index is 12.7. The second-order valence-electron chi connectivity index (χ2n) is 4.54. The predicted molar refractivity (Wildman–Crippen MR) is 77.3 cm³/mol. The van der Waals surface area contributed by atoms with E-state index < -0.39 is 20.3 Å². The smallest absolute Gasteiger partial charge is 0.166 e. The number of sulfone groups is 1. The lowest BCUT2D eigenvalue weighted by Gasteiger charge is -2.27. The fourth-order valence-corrected chi connectivity index (χ4v) is 6.99. The third-order valence-electron chi connectivity index (χ3n) is 3.34. The van der Waals surface area contributed by atoms with Gasteiger partial charge in [0.05, 0.1) is 0 Å². The van der Waals surface area contributed by atoms with E-state index in [1.54, 1.807) is 12.1 Å². The molecule has 2 unspecified atom stereocenters. The molecular weight excluding hydrogens is 300 g/mol. The monoisotopic (exact) mass is 312 g/mol. The third-order valence-corrected chi connectivity index (χ3v) is 8.04. The molecule has 1 aliphatic rings. The molecule has 1 fully saturated rings. The van der Waals surface area contributed by atoms with Crippen LogP contribution in [-0.4, -0.2) is 14.2 Å². The standard InChI is InChI=1S/C13H12O3S3/c14-9-7-12(10-3-1-5-17-10)19(15,16)13(8-9)11-4-2-6-18-11/h1-6,12-13H,7-8H2. The number of thiophene rings is 2. The van der Waals surface area contributed by atoms with Crippen molar-refractivity contribution in [2.45, 2.75) is 23.3 Å². The minimum absolute atomic E-state index is 0.0339. The van der Waals surface area contributed by atoms with E-state index >= 15 is 0 Å². The SMILES string of the molecule is O=C1CC(c2cccs2)S(=O)(=O)C(c2cccs2)C1. The summed E-state index contributed by atoms with van der Waals surface area (Å²) >= 11 is 2.81. The van der Waals surface area contributed by atoms with E-state index in [0.717, 1.165) is 9.75 Å². The minimum Gasteiger partial charge on any atom is -0.300 e. The summed E-state index contributed by atoms with van der Waals surface area (Å²) in [6.45, 7) is 0. The lowest BCUT2D eigenvalue weighted by atomic mass is 10.1. The summed E-state index contributed by atoms with van der Waals surface area (Å²) in [7, 11) is -3.34. The van der Waals surface area contributed by atoms with Gasteiger partial charge in [-0.2, -0.15) is 0 Å². The number of ketones is 1. The lowest BCUT2D eigenvalue weighted by molar-refractivity contribution is -0.119. The van der Waals surface area contributed by atoms with Crippen molar-refractivity contribution in [2.24, 2.45) is 0 Å². The summed E-state index contributed by atoms with van der Waals surface area (Å²) in [5.74, 6) is 0.0339. The molecule has 6 heteroatoms. The van der Waals surface area contributed by atoms with Crippen LogP contribution in [0.3, 0.4) is 0 Å². The van der Waals surface area contributed by atoms with Gasteiger partial charge >= 0.3 is 0 Å². The molecular formula is C13H12O3S3. The van der Waals surface area contributed by atoms with E-state index in [0.29, 0.717) is 0 Å². The molecule has 2 aromatic heterocycles. The van der Waals surface area contributed by atoms with Gasteiger partial charge in [0, 0.05) is 22.6 Å². The molecule has 3 nitrogen and oxygen atoms in total. The van der Waals surface area contributed by atoms with E-state index in [1.807, 2.05) is 22.9 Å². The predicted octanol–water partition coefficient (Wildman–Crippen LogP) is 3.37. The van der Waals surface area contributed by atoms with Crippen LogP contribution in [0, 0.1) is 0 Å². The van der Waals surface area contributed by atoms with E-state index in [2.05, 4.69) is 0 Å². The van der Waals surface area contributed by atoms with Gasteiger partial charge < -0.3 is 0 Å². The molecule has 19 heavy (non-hydrogen) atoms. The Bertz CT molecular complexity index is 617. The van der Waals surface area contributed by atoms with Crippen molar-refractivity contribution in [1.82, 2.24) is 0 Å². The first-order chi connectivity index (χ1) is 9.09. The lowest BCUT2D eigenvalue weighted by Crippen LogP contribution is -2.29. The molecule has 1 aliphatic heterocycles. The molecule has 0 radical (unpaired) electrons. The topological polar surface area (TPSA) is 51.2 Å². The number of Topliss-reactive ketones (excluding diaryl/α,β-unsaturated/α-hetero) is 1. The van der Waals surface area contributed by atoms with Crippen molar-refractivity contribution in [3.05, 3.63) is 44.8 Å². The van der Waals surface area contributed by atoms with Gasteiger partial charge in [-0.1, -0.05) is 12.1 Å². The fourth-order valence-electron chi connectivity index (χ4n) is 2.40. The van der Waals surface area contributed by atoms with Crippen molar-refractivity contribution >= 4 is 38.3 Å². The molecule has 0 bridgehead atoms. The number of carbonyl (C=O) groups is 1. The molecule has 2 atom stereocenters. The summed E-state index contributed by atoms with van der Waals surface area (Å²) in [6, 6.07) is 7.26. The quantitative estimate of drug-likeness (QED) is 0.854. The molecule has 0 saturated carbocycles. The highest BCUT2D eigenvalue weighted by Gasteiger charge is 2.43. The summed E-state index contributed by atoms with van der Waals surface area (Å²) in [6.07, 6.45) is 0.232. The first-order valence-corrected chi connectivity index (χ1v) is 9.27. The fraction of sp³-hybridized carbons (Fsp3) is 0.308. The zero-order chi connectivity index (χ0) is 13.5. The molecule has 100 valence electrons. The average molecular weight is 312 g/mol. The molecule has 0 aliphatic carbocycles. The van der Waals surface area contributed by atoms with Gasteiger partial charge in [-0.15, -0.1) is 22.7 Å². The molecule has 3 heterocycles. The largest absolute Gasteiger partial charge is 0.300 e. The molecule has 1 saturated heterocycles. The number of carbonyl (C=O) groups excluding carboxylic acids is 1. The summed E-state index contributed by atoms with van der Waals surface area (Å²) in [4.78, 5) is 13.5. The number of rotatable bonds is 2. The second kappa shape index (κ2) is 4.85. The normalized spacial score (nSPS) is 26.4. The number of hydrogen-bond acceptors (Lipinski definition) is 5. The number of hydrogen-bond donors (Lipinski definition) is 0. The Kier molecular flexibility index (Phi) is 3.32. The van der Waals surface area contributed by atoms with Crippen molar-refractivity contribution in [3.8, 4) is 0 Å². The zero-order valence-electron chi connectivity index (χ0n) is 9.98. The van der Waals surface area contributed by atoms with Crippen LogP contribution in [0.5, 0.6) is 0 Å². The van der Waals surface area contributed by atoms with Crippen LogP contribution in [0.2, 0.25) is 0 Å². The van der Waals surface area contributed by atoms with Crippen molar-refractivity contribution in [2.75, 3.05) is 0 Å². The zero-order valence-corrected chi connectivity index (χ0v) is 12.4. The van der Waals surface area contributed by atoms with E-state index in [4.69, 9.17) is 0 Å². The Labute approximate surface area is 119 Å². The molecule has 0 N–H and O–H groups in total. The van der Waals surface area contributed by atoms with Crippen LogP contribution >= 0.6 is 22.7 Å². The molecule has 3 rings (SSSR count). The molecule has 0 spiro atoms. The summed E-state index contributed by atoms with van der Waals surface area (Å²) in [5, 5.41) is 2.37. The summed E-state index contributed by atoms with van der Waals surface area (Å²) < 4.78 is 25.4. The van der Waals surface area contributed by atoms with Crippen LogP contribution in [-0.2, 0) is 14.6 Å². The van der Waals surface area contributed by atoms with Gasteiger partial charge in [0.2, 0.25) is 0 Å². The third kappa shape index (κ3) is 2.28. The Balaban J connectivity index is 2.06. The first kappa shape index (κ1) is 13.0. The van der Waals surface area contributed by atoms with Crippen molar-refractivity contribution in [1.29, 1.82) is 0 Å². The Morgan fingerprint density at radius 3 is 1.79 bits per heavy atom. The maximum Gasteiger partial charge on any atom is 0.166 e. The van der Waals surface area contributed by atoms with Crippen LogP contribution in [0.15, 0.2) is 35.0 Å². The molecule has 0 amide bonds. The molecule has 2 aromatic rings. The van der Waals surface area contributed by atoms with Crippen LogP contribution < -0.4 is 0 Å². The Hall–Kier alpha value is -0.980. The van der Waals surface area contributed by atoms with Crippen molar-refractivity contribution in [3.63, 3.8) is 0 Å². The minimum atomic E-state index is -3.34. The van der Waals surface area contributed by atoms with Crippen LogP contribution in [0.4, 0.5) is 0 Å². The summed E-state index contributed by atoms with van der Waals surface area (Å²) in [5.41, 5.74) is 0. The maximum absolute atomic E-state index is 12.7. The van der Waals surface area contributed by atoms with Crippen molar-refractivity contribution < 1.29 is 13.2 Å². The Morgan fingerprint density at radius 1 is 0.947 bits per heavy atom. The highest BCUT2D eigenvalue weighted by atomic mass is 32.2.